The lowest BCUT2D eigenvalue weighted by atomic mass is 10.2. The predicted octanol–water partition coefficient (Wildman–Crippen LogP) is 2.39. The van der Waals surface area contributed by atoms with E-state index in [0.717, 1.165) is 6.07 Å². The third-order valence-electron chi connectivity index (χ3n) is 1.64. The predicted molar refractivity (Wildman–Crippen MR) is 53.1 cm³/mol. The molecule has 84 valence electrons. The number of nitrogens with two attached hydrogens (primary N) is 2. The first kappa shape index (κ1) is 12.1. The van der Waals surface area contributed by atoms with E-state index >= 15 is 0 Å². The molecule has 1 aromatic carbocycles. The van der Waals surface area contributed by atoms with Crippen LogP contribution >= 0.6 is 15.9 Å². The molecular weight excluding hydrogens is 277 g/mol. The number of anilines is 1. The second-order valence-electron chi connectivity index (χ2n) is 2.73. The van der Waals surface area contributed by atoms with Crippen LogP contribution in [0.2, 0.25) is 0 Å². The van der Waals surface area contributed by atoms with E-state index in [1.807, 2.05) is 0 Å². The monoisotopic (exact) mass is 284 g/mol. The second-order valence-corrected chi connectivity index (χ2v) is 3.59. The van der Waals surface area contributed by atoms with Crippen molar-refractivity contribution < 1.29 is 17.9 Å². The molecule has 0 unspecified atom stereocenters. The third kappa shape index (κ3) is 3.28. The van der Waals surface area contributed by atoms with Crippen LogP contribution < -0.4 is 16.2 Å². The molecule has 0 aliphatic rings. The second kappa shape index (κ2) is 4.28. The number of hydrogen-bond acceptors (Lipinski definition) is 3. The zero-order valence-corrected chi connectivity index (χ0v) is 9.02. The first-order valence-electron chi connectivity index (χ1n) is 3.87. The Morgan fingerprint density at radius 2 is 1.93 bits per heavy atom. The van der Waals surface area contributed by atoms with Gasteiger partial charge in [-0.1, -0.05) is 0 Å². The lowest BCUT2D eigenvalue weighted by Crippen LogP contribution is -2.17. The van der Waals surface area contributed by atoms with E-state index < -0.39 is 6.36 Å². The molecule has 0 heterocycles. The molecule has 1 aromatic rings. The first-order chi connectivity index (χ1) is 6.83. The van der Waals surface area contributed by atoms with Crippen molar-refractivity contribution in [2.45, 2.75) is 12.9 Å². The number of nitrogen functional groups attached to an aromatic ring is 1. The molecule has 0 spiro atoms. The summed E-state index contributed by atoms with van der Waals surface area (Å²) in [7, 11) is 0. The maximum Gasteiger partial charge on any atom is 0.573 e. The van der Waals surface area contributed by atoms with E-state index in [1.165, 1.54) is 6.07 Å². The molecule has 0 bridgehead atoms. The standard InChI is InChI=1S/C8H8BrF3N2O/c9-5-1-4(3-13)6(14)2-7(5)15-8(10,11)12/h1-2H,3,13-14H2. The van der Waals surface area contributed by atoms with Crippen molar-refractivity contribution in [1.29, 1.82) is 0 Å². The Labute approximate surface area is 92.3 Å². The average Bonchev–Trinajstić information content (AvgIpc) is 2.08. The van der Waals surface area contributed by atoms with E-state index in [1.54, 1.807) is 0 Å². The molecule has 0 saturated carbocycles. The zero-order chi connectivity index (χ0) is 11.6. The Hall–Kier alpha value is -0.950. The molecule has 0 fully saturated rings. The van der Waals surface area contributed by atoms with Crippen molar-refractivity contribution in [3.05, 3.63) is 22.2 Å². The number of rotatable bonds is 2. The fourth-order valence-corrected chi connectivity index (χ4v) is 1.46. The third-order valence-corrected chi connectivity index (χ3v) is 2.26. The van der Waals surface area contributed by atoms with Gasteiger partial charge in [0, 0.05) is 18.3 Å². The molecular formula is C8H8BrF3N2O. The minimum atomic E-state index is -4.74. The van der Waals surface area contributed by atoms with Crippen LogP contribution in [0.15, 0.2) is 16.6 Å². The van der Waals surface area contributed by atoms with Gasteiger partial charge in [-0.05, 0) is 27.6 Å². The minimum Gasteiger partial charge on any atom is -0.405 e. The SMILES string of the molecule is NCc1cc(Br)c(OC(F)(F)F)cc1N. The molecule has 0 saturated heterocycles. The minimum absolute atomic E-state index is 0.150. The van der Waals surface area contributed by atoms with Gasteiger partial charge in [-0.25, -0.2) is 0 Å². The highest BCUT2D eigenvalue weighted by Gasteiger charge is 2.32. The summed E-state index contributed by atoms with van der Waals surface area (Å²) in [6, 6.07) is 2.48. The van der Waals surface area contributed by atoms with Gasteiger partial charge in [-0.2, -0.15) is 0 Å². The number of benzene rings is 1. The number of halogens is 4. The van der Waals surface area contributed by atoms with E-state index in [2.05, 4.69) is 20.7 Å². The van der Waals surface area contributed by atoms with Crippen LogP contribution in [0.25, 0.3) is 0 Å². The van der Waals surface area contributed by atoms with Crippen LogP contribution in [0.1, 0.15) is 5.56 Å². The molecule has 4 N–H and O–H groups in total. The maximum absolute atomic E-state index is 11.9. The smallest absolute Gasteiger partial charge is 0.405 e. The number of ether oxygens (including phenoxy) is 1. The lowest BCUT2D eigenvalue weighted by Gasteiger charge is -2.12. The Balaban J connectivity index is 3.05. The molecule has 0 amide bonds. The summed E-state index contributed by atoms with van der Waals surface area (Å²) in [5, 5.41) is 0. The van der Waals surface area contributed by atoms with Gasteiger partial charge in [0.1, 0.15) is 5.75 Å². The topological polar surface area (TPSA) is 61.3 Å². The van der Waals surface area contributed by atoms with Gasteiger partial charge in [0.15, 0.2) is 0 Å². The quantitative estimate of drug-likeness (QED) is 0.820. The van der Waals surface area contributed by atoms with Crippen LogP contribution in [-0.4, -0.2) is 6.36 Å². The van der Waals surface area contributed by atoms with Crippen molar-refractivity contribution >= 4 is 21.6 Å². The molecule has 7 heteroatoms. The van der Waals surface area contributed by atoms with Gasteiger partial charge in [0.2, 0.25) is 0 Å². The van der Waals surface area contributed by atoms with Crippen molar-refractivity contribution in [1.82, 2.24) is 0 Å². The fourth-order valence-electron chi connectivity index (χ4n) is 0.990. The van der Waals surface area contributed by atoms with Gasteiger partial charge >= 0.3 is 6.36 Å². The van der Waals surface area contributed by atoms with Gasteiger partial charge in [-0.15, -0.1) is 13.2 Å². The van der Waals surface area contributed by atoms with Gasteiger partial charge in [0.25, 0.3) is 0 Å². The summed E-state index contributed by atoms with van der Waals surface area (Å²) >= 11 is 2.94. The maximum atomic E-state index is 11.9. The molecule has 15 heavy (non-hydrogen) atoms. The van der Waals surface area contributed by atoms with E-state index in [-0.39, 0.29) is 22.5 Å². The largest absolute Gasteiger partial charge is 0.573 e. The lowest BCUT2D eigenvalue weighted by molar-refractivity contribution is -0.274. The average molecular weight is 285 g/mol. The summed E-state index contributed by atoms with van der Waals surface area (Å²) < 4.78 is 39.7. The van der Waals surface area contributed by atoms with Crippen molar-refractivity contribution in [3.63, 3.8) is 0 Å². The molecule has 0 aromatic heterocycles. The van der Waals surface area contributed by atoms with Crippen LogP contribution in [-0.2, 0) is 6.54 Å². The van der Waals surface area contributed by atoms with Gasteiger partial charge in [0.05, 0.1) is 4.47 Å². The summed E-state index contributed by atoms with van der Waals surface area (Å²) in [5.41, 5.74) is 11.5. The normalized spacial score (nSPS) is 11.5. The summed E-state index contributed by atoms with van der Waals surface area (Å²) in [6.45, 7) is 0.150. The molecule has 0 aliphatic heterocycles. The first-order valence-corrected chi connectivity index (χ1v) is 4.66. The van der Waals surface area contributed by atoms with Crippen LogP contribution in [0.4, 0.5) is 18.9 Å². The highest BCUT2D eigenvalue weighted by atomic mass is 79.9. The van der Waals surface area contributed by atoms with E-state index in [9.17, 15) is 13.2 Å². The van der Waals surface area contributed by atoms with Crippen LogP contribution in [0.5, 0.6) is 5.75 Å². The van der Waals surface area contributed by atoms with Crippen molar-refractivity contribution in [2.75, 3.05) is 5.73 Å². The zero-order valence-electron chi connectivity index (χ0n) is 7.44. The summed E-state index contributed by atoms with van der Waals surface area (Å²) in [4.78, 5) is 0. The highest BCUT2D eigenvalue weighted by molar-refractivity contribution is 9.10. The summed E-state index contributed by atoms with van der Waals surface area (Å²) in [6.07, 6.45) is -4.74. The van der Waals surface area contributed by atoms with Crippen molar-refractivity contribution in [2.24, 2.45) is 5.73 Å². The van der Waals surface area contributed by atoms with E-state index in [4.69, 9.17) is 11.5 Å². The fraction of sp³-hybridized carbons (Fsp3) is 0.250. The van der Waals surface area contributed by atoms with Crippen LogP contribution in [0.3, 0.4) is 0 Å². The van der Waals surface area contributed by atoms with E-state index in [0.29, 0.717) is 5.56 Å². The number of alkyl halides is 3. The number of hydrogen-bond donors (Lipinski definition) is 2. The van der Waals surface area contributed by atoms with Gasteiger partial charge < -0.3 is 16.2 Å². The summed E-state index contributed by atoms with van der Waals surface area (Å²) in [5.74, 6) is -0.378. The highest BCUT2D eigenvalue weighted by Crippen LogP contribution is 2.33. The van der Waals surface area contributed by atoms with Crippen LogP contribution in [0, 0.1) is 0 Å². The Morgan fingerprint density at radius 1 is 1.33 bits per heavy atom. The molecule has 0 radical (unpaired) electrons. The molecule has 1 rings (SSSR count). The molecule has 0 atom stereocenters. The Morgan fingerprint density at radius 3 is 2.40 bits per heavy atom. The molecule has 0 aliphatic carbocycles. The Kier molecular flexibility index (Phi) is 3.46. The molecule has 3 nitrogen and oxygen atoms in total. The van der Waals surface area contributed by atoms with Crippen molar-refractivity contribution in [3.8, 4) is 5.75 Å². The Bertz CT molecular complexity index is 368. The van der Waals surface area contributed by atoms with Gasteiger partial charge in [-0.3, -0.25) is 0 Å².